The topological polar surface area (TPSA) is 118 Å². The maximum Gasteiger partial charge on any atom is 0.338 e. The lowest BCUT2D eigenvalue weighted by molar-refractivity contribution is -0.245. The molecule has 1 aromatic heterocycles. The Bertz CT molecular complexity index is 1820. The van der Waals surface area contributed by atoms with Gasteiger partial charge in [0.05, 0.1) is 24.4 Å². The van der Waals surface area contributed by atoms with E-state index in [0.717, 1.165) is 33.4 Å². The van der Waals surface area contributed by atoms with Crippen LogP contribution in [0.5, 0.6) is 0 Å². The van der Waals surface area contributed by atoms with Gasteiger partial charge in [0.25, 0.3) is 5.91 Å². The third-order valence-corrected chi connectivity index (χ3v) is 9.15. The summed E-state index contributed by atoms with van der Waals surface area (Å²) in [5, 5.41) is 22.6. The predicted octanol–water partition coefficient (Wildman–Crippen LogP) is 7.21. The molecule has 1 aliphatic rings. The Morgan fingerprint density at radius 1 is 0.830 bits per heavy atom. The number of nitrogens with zero attached hydrogens (tertiary/aromatic N) is 1. The van der Waals surface area contributed by atoms with E-state index in [9.17, 15) is 19.8 Å². The molecule has 2 heterocycles. The average molecular weight is 647 g/mol. The fraction of sp³-hybridized carbons (Fsp3) is 0.184. The number of carboxylic acid groups (broad SMARTS) is 1. The minimum atomic E-state index is -1.02. The van der Waals surface area contributed by atoms with Crippen LogP contribution in [0.1, 0.15) is 61.8 Å². The lowest BCUT2D eigenvalue weighted by Crippen LogP contribution is -2.31. The van der Waals surface area contributed by atoms with Gasteiger partial charge in [0, 0.05) is 36.0 Å². The number of thioether (sulfide) groups is 1. The first-order chi connectivity index (χ1) is 23.0. The molecular formula is C38H34N2O6S. The fourth-order valence-electron chi connectivity index (χ4n) is 5.51. The lowest BCUT2D eigenvalue weighted by atomic mass is 9.97. The van der Waals surface area contributed by atoms with Crippen molar-refractivity contribution < 1.29 is 29.3 Å². The van der Waals surface area contributed by atoms with Crippen molar-refractivity contribution in [3.05, 3.63) is 155 Å². The Kier molecular flexibility index (Phi) is 10.4. The van der Waals surface area contributed by atoms with Gasteiger partial charge in [-0.25, -0.2) is 9.78 Å². The minimum absolute atomic E-state index is 0.0400. The monoisotopic (exact) mass is 646 g/mol. The third kappa shape index (κ3) is 7.96. The van der Waals surface area contributed by atoms with Crippen LogP contribution >= 0.6 is 11.8 Å². The Morgan fingerprint density at radius 2 is 1.55 bits per heavy atom. The molecule has 1 amide bonds. The summed E-state index contributed by atoms with van der Waals surface area (Å²) in [5.41, 5.74) is 6.41. The minimum Gasteiger partial charge on any atom is -0.478 e. The van der Waals surface area contributed by atoms with Crippen molar-refractivity contribution in [2.75, 3.05) is 5.75 Å². The molecule has 8 nitrogen and oxygen atoms in total. The molecule has 1 saturated heterocycles. The van der Waals surface area contributed by atoms with Crippen LogP contribution < -0.4 is 5.32 Å². The molecule has 3 atom stereocenters. The van der Waals surface area contributed by atoms with E-state index in [1.165, 1.54) is 11.8 Å². The summed E-state index contributed by atoms with van der Waals surface area (Å²) in [5.74, 6) is -0.658. The van der Waals surface area contributed by atoms with E-state index in [0.29, 0.717) is 29.3 Å². The Balaban J connectivity index is 1.20. The van der Waals surface area contributed by atoms with Crippen LogP contribution in [0.3, 0.4) is 0 Å². The van der Waals surface area contributed by atoms with Crippen molar-refractivity contribution >= 4 is 23.6 Å². The van der Waals surface area contributed by atoms with Gasteiger partial charge in [-0.2, -0.15) is 0 Å². The zero-order chi connectivity index (χ0) is 32.6. The number of hydrogen-bond donors (Lipinski definition) is 3. The molecule has 9 heteroatoms. The standard InChI is InChI=1S/C38H34N2O6S/c41-23-25-12-14-27(15-13-25)34-21-31(24-47-36-33(37(43)44)11-6-20-39-36)45-38(46-34)29-18-16-26(17-19-29)32-10-5-4-9-30(32)22-40-35(42)28-7-2-1-3-8-28/h1-20,31,34,38,41H,21-24H2,(H,40,42)(H,43,44)/t31-,34+,38+/m0/s1. The number of carboxylic acids is 1. The highest BCUT2D eigenvalue weighted by molar-refractivity contribution is 7.99. The molecule has 238 valence electrons. The number of carbonyl (C=O) groups excluding carboxylic acids is 1. The number of benzene rings is 4. The Labute approximate surface area is 277 Å². The van der Waals surface area contributed by atoms with Crippen molar-refractivity contribution in [3.63, 3.8) is 0 Å². The van der Waals surface area contributed by atoms with Crippen LogP contribution in [0, 0.1) is 0 Å². The van der Waals surface area contributed by atoms with E-state index in [2.05, 4.69) is 10.3 Å². The number of hydrogen-bond acceptors (Lipinski definition) is 7. The summed E-state index contributed by atoms with van der Waals surface area (Å²) in [6, 6.07) is 36.0. The summed E-state index contributed by atoms with van der Waals surface area (Å²) in [4.78, 5) is 28.7. The molecule has 0 saturated carbocycles. The van der Waals surface area contributed by atoms with Crippen LogP contribution in [0.2, 0.25) is 0 Å². The van der Waals surface area contributed by atoms with Gasteiger partial charge in [-0.05, 0) is 52.1 Å². The molecule has 6 rings (SSSR count). The zero-order valence-electron chi connectivity index (χ0n) is 25.5. The second-order valence-electron chi connectivity index (χ2n) is 11.2. The largest absolute Gasteiger partial charge is 0.478 e. The quantitative estimate of drug-likeness (QED) is 0.129. The number of aliphatic hydroxyl groups excluding tert-OH is 1. The molecule has 1 aliphatic heterocycles. The van der Waals surface area contributed by atoms with Gasteiger partial charge in [-0.3, -0.25) is 4.79 Å². The van der Waals surface area contributed by atoms with Gasteiger partial charge >= 0.3 is 5.97 Å². The molecule has 0 radical (unpaired) electrons. The van der Waals surface area contributed by atoms with E-state index in [-0.39, 0.29) is 30.3 Å². The molecule has 47 heavy (non-hydrogen) atoms. The van der Waals surface area contributed by atoms with Crippen LogP contribution in [-0.4, -0.2) is 38.9 Å². The van der Waals surface area contributed by atoms with Gasteiger partial charge in [-0.15, -0.1) is 11.8 Å². The van der Waals surface area contributed by atoms with Crippen LogP contribution in [0.15, 0.2) is 126 Å². The average Bonchev–Trinajstić information content (AvgIpc) is 3.13. The lowest BCUT2D eigenvalue weighted by Gasteiger charge is -2.36. The van der Waals surface area contributed by atoms with Gasteiger partial charge in [-0.1, -0.05) is 91.0 Å². The summed E-state index contributed by atoms with van der Waals surface area (Å²) in [7, 11) is 0. The van der Waals surface area contributed by atoms with Crippen LogP contribution in [-0.2, 0) is 22.6 Å². The van der Waals surface area contributed by atoms with Gasteiger partial charge < -0.3 is 25.0 Å². The summed E-state index contributed by atoms with van der Waals surface area (Å²) < 4.78 is 13.0. The highest BCUT2D eigenvalue weighted by atomic mass is 32.2. The van der Waals surface area contributed by atoms with E-state index in [1.807, 2.05) is 91.0 Å². The maximum atomic E-state index is 12.7. The van der Waals surface area contributed by atoms with Crippen molar-refractivity contribution in [2.45, 2.75) is 43.1 Å². The van der Waals surface area contributed by atoms with Crippen LogP contribution in [0.25, 0.3) is 11.1 Å². The number of nitrogens with one attached hydrogen (secondary N) is 1. The molecule has 0 spiro atoms. The summed E-state index contributed by atoms with van der Waals surface area (Å²) in [6.07, 6.45) is 0.971. The summed E-state index contributed by atoms with van der Waals surface area (Å²) >= 11 is 1.35. The van der Waals surface area contributed by atoms with Gasteiger partial charge in [0.15, 0.2) is 6.29 Å². The third-order valence-electron chi connectivity index (χ3n) is 8.01. The normalized spacial score (nSPS) is 17.6. The highest BCUT2D eigenvalue weighted by Crippen LogP contribution is 2.40. The predicted molar refractivity (Wildman–Crippen MR) is 180 cm³/mol. The van der Waals surface area contributed by atoms with Crippen molar-refractivity contribution in [1.29, 1.82) is 0 Å². The molecular weight excluding hydrogens is 612 g/mol. The number of aromatic carboxylic acids is 1. The van der Waals surface area contributed by atoms with E-state index in [1.54, 1.807) is 30.5 Å². The smallest absolute Gasteiger partial charge is 0.338 e. The van der Waals surface area contributed by atoms with Crippen molar-refractivity contribution in [2.24, 2.45) is 0 Å². The molecule has 0 unspecified atom stereocenters. The van der Waals surface area contributed by atoms with E-state index in [4.69, 9.17) is 9.47 Å². The van der Waals surface area contributed by atoms with Crippen LogP contribution in [0.4, 0.5) is 0 Å². The number of aliphatic hydroxyl groups is 1. The van der Waals surface area contributed by atoms with Gasteiger partial charge in [0.2, 0.25) is 0 Å². The Hall–Kier alpha value is -4.80. The highest BCUT2D eigenvalue weighted by Gasteiger charge is 2.32. The molecule has 3 N–H and O–H groups in total. The number of rotatable bonds is 11. The molecule has 0 bridgehead atoms. The second kappa shape index (κ2) is 15.2. The number of ether oxygens (including phenoxy) is 2. The maximum absolute atomic E-state index is 12.7. The van der Waals surface area contributed by atoms with Crippen molar-refractivity contribution in [3.8, 4) is 11.1 Å². The number of pyridine rings is 1. The first-order valence-electron chi connectivity index (χ1n) is 15.3. The first kappa shape index (κ1) is 32.2. The number of aromatic nitrogens is 1. The summed E-state index contributed by atoms with van der Waals surface area (Å²) in [6.45, 7) is 0.345. The SMILES string of the molecule is O=C(NCc1ccccc1-c1ccc([C@@H]2O[C@H](CSc3ncccc3C(=O)O)C[C@H](c3ccc(CO)cc3)O2)cc1)c1ccccc1. The zero-order valence-corrected chi connectivity index (χ0v) is 26.3. The molecule has 4 aromatic carbocycles. The second-order valence-corrected chi connectivity index (χ2v) is 12.2. The fourth-order valence-corrected chi connectivity index (χ4v) is 6.51. The Morgan fingerprint density at radius 3 is 2.30 bits per heavy atom. The van der Waals surface area contributed by atoms with E-state index < -0.39 is 12.3 Å². The number of carbonyl (C=O) groups is 2. The number of amides is 1. The molecule has 5 aromatic rings. The van der Waals surface area contributed by atoms with Crippen molar-refractivity contribution in [1.82, 2.24) is 10.3 Å². The van der Waals surface area contributed by atoms with Gasteiger partial charge in [0.1, 0.15) is 5.03 Å². The molecule has 0 aliphatic carbocycles. The first-order valence-corrected chi connectivity index (χ1v) is 16.3. The molecule has 1 fully saturated rings. The van der Waals surface area contributed by atoms with E-state index >= 15 is 0 Å².